The highest BCUT2D eigenvalue weighted by atomic mass is 16.3. The van der Waals surface area contributed by atoms with Crippen molar-refractivity contribution in [2.75, 3.05) is 0 Å². The molecular formula is C13H20O. The second-order valence-electron chi connectivity index (χ2n) is 4.85. The third kappa shape index (κ3) is 3.15. The van der Waals surface area contributed by atoms with Crippen molar-refractivity contribution in [2.45, 2.75) is 39.7 Å². The Balaban J connectivity index is 2.79. The molecule has 0 atom stereocenters. The lowest BCUT2D eigenvalue weighted by molar-refractivity contribution is 0.0786. The van der Waals surface area contributed by atoms with Crippen molar-refractivity contribution in [2.24, 2.45) is 5.92 Å². The average molecular weight is 192 g/mol. The Morgan fingerprint density at radius 3 is 2.00 bits per heavy atom. The van der Waals surface area contributed by atoms with Crippen molar-refractivity contribution >= 4 is 0 Å². The van der Waals surface area contributed by atoms with Gasteiger partial charge >= 0.3 is 0 Å². The Hall–Kier alpha value is -0.820. The highest BCUT2D eigenvalue weighted by molar-refractivity contribution is 5.26. The number of benzene rings is 1. The van der Waals surface area contributed by atoms with E-state index in [4.69, 9.17) is 0 Å². The summed E-state index contributed by atoms with van der Waals surface area (Å²) in [5.41, 5.74) is 1.59. The monoisotopic (exact) mass is 192 g/mol. The van der Waals surface area contributed by atoms with Crippen LogP contribution >= 0.6 is 0 Å². The van der Waals surface area contributed by atoms with E-state index in [0.29, 0.717) is 5.92 Å². The minimum absolute atomic E-state index is 0.683. The van der Waals surface area contributed by atoms with Crippen molar-refractivity contribution in [3.63, 3.8) is 0 Å². The predicted octanol–water partition coefficient (Wildman–Crippen LogP) is 3.11. The van der Waals surface area contributed by atoms with Crippen LogP contribution in [-0.2, 0) is 12.0 Å². The van der Waals surface area contributed by atoms with Gasteiger partial charge < -0.3 is 5.11 Å². The first-order valence-electron chi connectivity index (χ1n) is 5.21. The molecule has 0 bridgehead atoms. The molecule has 0 unspecified atom stereocenters. The summed E-state index contributed by atoms with van der Waals surface area (Å²) in [6.07, 6.45) is 1.10. The minimum atomic E-state index is -0.726. The van der Waals surface area contributed by atoms with E-state index in [9.17, 15) is 5.11 Å². The van der Waals surface area contributed by atoms with Crippen LogP contribution in [0, 0.1) is 5.92 Å². The second kappa shape index (κ2) is 4.14. The van der Waals surface area contributed by atoms with Crippen LogP contribution in [0.15, 0.2) is 24.3 Å². The van der Waals surface area contributed by atoms with Gasteiger partial charge in [0.2, 0.25) is 0 Å². The summed E-state index contributed by atoms with van der Waals surface area (Å²) < 4.78 is 0. The highest BCUT2D eigenvalue weighted by Gasteiger charge is 2.14. The van der Waals surface area contributed by atoms with Crippen molar-refractivity contribution in [3.8, 4) is 0 Å². The number of hydrogen-bond donors (Lipinski definition) is 1. The fourth-order valence-electron chi connectivity index (χ4n) is 1.52. The van der Waals surface area contributed by atoms with Gasteiger partial charge in [0.1, 0.15) is 0 Å². The predicted molar refractivity (Wildman–Crippen MR) is 60.2 cm³/mol. The molecule has 1 aromatic carbocycles. The van der Waals surface area contributed by atoms with Gasteiger partial charge in [-0.1, -0.05) is 38.1 Å². The Bertz CT molecular complexity index is 277. The van der Waals surface area contributed by atoms with Gasteiger partial charge in [0, 0.05) is 0 Å². The van der Waals surface area contributed by atoms with E-state index in [2.05, 4.69) is 26.0 Å². The van der Waals surface area contributed by atoms with Gasteiger partial charge in [-0.05, 0) is 37.3 Å². The Labute approximate surface area is 86.8 Å². The van der Waals surface area contributed by atoms with Gasteiger partial charge in [-0.25, -0.2) is 0 Å². The van der Waals surface area contributed by atoms with Crippen LogP contribution in [0.4, 0.5) is 0 Å². The lowest BCUT2D eigenvalue weighted by Gasteiger charge is -2.18. The summed E-state index contributed by atoms with van der Waals surface area (Å²) in [5, 5.41) is 9.76. The largest absolute Gasteiger partial charge is 0.386 e. The smallest absolute Gasteiger partial charge is 0.0840 e. The molecule has 1 N–H and O–H groups in total. The molecule has 1 nitrogen and oxygen atoms in total. The van der Waals surface area contributed by atoms with Crippen molar-refractivity contribution < 1.29 is 5.11 Å². The molecule has 0 aliphatic heterocycles. The molecule has 0 heterocycles. The lowest BCUT2D eigenvalue weighted by atomic mass is 9.95. The van der Waals surface area contributed by atoms with Gasteiger partial charge in [0.15, 0.2) is 0 Å². The van der Waals surface area contributed by atoms with Crippen LogP contribution in [0.25, 0.3) is 0 Å². The zero-order chi connectivity index (χ0) is 10.8. The average Bonchev–Trinajstić information content (AvgIpc) is 2.02. The molecule has 0 aromatic heterocycles. The van der Waals surface area contributed by atoms with E-state index in [1.165, 1.54) is 5.56 Å². The first-order valence-corrected chi connectivity index (χ1v) is 5.21. The standard InChI is InChI=1S/C13H20O/c1-10(2)9-11-5-7-12(8-6-11)13(3,4)14/h5-8,10,14H,9H2,1-4H3. The molecule has 0 fully saturated rings. The zero-order valence-electron chi connectivity index (χ0n) is 9.54. The maximum Gasteiger partial charge on any atom is 0.0840 e. The molecule has 0 spiro atoms. The molecule has 1 aromatic rings. The molecule has 0 aliphatic rings. The summed E-state index contributed by atoms with van der Waals surface area (Å²) in [7, 11) is 0. The normalized spacial score (nSPS) is 12.1. The quantitative estimate of drug-likeness (QED) is 0.780. The van der Waals surface area contributed by atoms with E-state index in [1.54, 1.807) is 0 Å². The Kier molecular flexibility index (Phi) is 3.33. The fourth-order valence-corrected chi connectivity index (χ4v) is 1.52. The summed E-state index contributed by atoms with van der Waals surface area (Å²) in [4.78, 5) is 0. The molecular weight excluding hydrogens is 172 g/mol. The minimum Gasteiger partial charge on any atom is -0.386 e. The summed E-state index contributed by atoms with van der Waals surface area (Å²) >= 11 is 0. The third-order valence-electron chi connectivity index (χ3n) is 2.30. The van der Waals surface area contributed by atoms with E-state index in [1.807, 2.05) is 26.0 Å². The molecule has 0 radical (unpaired) electrons. The van der Waals surface area contributed by atoms with Gasteiger partial charge in [0.05, 0.1) is 5.60 Å². The zero-order valence-corrected chi connectivity index (χ0v) is 9.54. The highest BCUT2D eigenvalue weighted by Crippen LogP contribution is 2.20. The van der Waals surface area contributed by atoms with Crippen LogP contribution in [-0.4, -0.2) is 5.11 Å². The number of aliphatic hydroxyl groups is 1. The van der Waals surface area contributed by atoms with Crippen molar-refractivity contribution in [1.82, 2.24) is 0 Å². The lowest BCUT2D eigenvalue weighted by Crippen LogP contribution is -2.15. The molecule has 0 saturated carbocycles. The van der Waals surface area contributed by atoms with Crippen LogP contribution in [0.1, 0.15) is 38.8 Å². The van der Waals surface area contributed by atoms with E-state index in [-0.39, 0.29) is 0 Å². The maximum absolute atomic E-state index is 9.76. The van der Waals surface area contributed by atoms with E-state index in [0.717, 1.165) is 12.0 Å². The van der Waals surface area contributed by atoms with E-state index < -0.39 is 5.60 Å². The van der Waals surface area contributed by atoms with Gasteiger partial charge in [-0.3, -0.25) is 0 Å². The molecule has 1 heteroatoms. The molecule has 14 heavy (non-hydrogen) atoms. The molecule has 78 valence electrons. The van der Waals surface area contributed by atoms with Crippen LogP contribution in [0.5, 0.6) is 0 Å². The molecule has 0 saturated heterocycles. The molecule has 0 aliphatic carbocycles. The first-order chi connectivity index (χ1) is 6.39. The van der Waals surface area contributed by atoms with Crippen molar-refractivity contribution in [3.05, 3.63) is 35.4 Å². The Morgan fingerprint density at radius 2 is 1.64 bits per heavy atom. The second-order valence-corrected chi connectivity index (χ2v) is 4.85. The molecule has 1 rings (SSSR count). The van der Waals surface area contributed by atoms with Crippen LogP contribution in [0.2, 0.25) is 0 Å². The first kappa shape index (κ1) is 11.3. The van der Waals surface area contributed by atoms with Gasteiger partial charge in [-0.15, -0.1) is 0 Å². The third-order valence-corrected chi connectivity index (χ3v) is 2.30. The summed E-state index contributed by atoms with van der Waals surface area (Å²) in [5.74, 6) is 0.683. The van der Waals surface area contributed by atoms with Crippen molar-refractivity contribution in [1.29, 1.82) is 0 Å². The molecule has 0 amide bonds. The Morgan fingerprint density at radius 1 is 1.14 bits per heavy atom. The van der Waals surface area contributed by atoms with Gasteiger partial charge in [-0.2, -0.15) is 0 Å². The summed E-state index contributed by atoms with van der Waals surface area (Å²) in [6.45, 7) is 8.04. The number of rotatable bonds is 3. The van der Waals surface area contributed by atoms with Gasteiger partial charge in [0.25, 0.3) is 0 Å². The topological polar surface area (TPSA) is 20.2 Å². The fraction of sp³-hybridized carbons (Fsp3) is 0.538. The van der Waals surface area contributed by atoms with Crippen LogP contribution < -0.4 is 0 Å². The summed E-state index contributed by atoms with van der Waals surface area (Å²) in [6, 6.07) is 8.23. The number of hydrogen-bond acceptors (Lipinski definition) is 1. The maximum atomic E-state index is 9.76. The SMILES string of the molecule is CC(C)Cc1ccc(C(C)(C)O)cc1. The van der Waals surface area contributed by atoms with E-state index >= 15 is 0 Å². The van der Waals surface area contributed by atoms with Crippen LogP contribution in [0.3, 0.4) is 0 Å².